The summed E-state index contributed by atoms with van der Waals surface area (Å²) in [6.45, 7) is 6.00. The van der Waals surface area contributed by atoms with Crippen molar-refractivity contribution >= 4 is 11.3 Å². The summed E-state index contributed by atoms with van der Waals surface area (Å²) in [7, 11) is 0. The number of pyridine rings is 1. The van der Waals surface area contributed by atoms with Crippen LogP contribution in [-0.2, 0) is 13.1 Å². The highest BCUT2D eigenvalue weighted by Gasteiger charge is 2.24. The molecule has 3 nitrogen and oxygen atoms in total. The van der Waals surface area contributed by atoms with E-state index in [4.69, 9.17) is 0 Å². The lowest BCUT2D eigenvalue weighted by molar-refractivity contribution is 0.141. The first-order valence-electron chi connectivity index (χ1n) is 9.82. The fraction of sp³-hybridized carbons (Fsp3) is 0.571. The number of nitrogens with zero attached hydrogens (tertiary/aromatic N) is 3. The van der Waals surface area contributed by atoms with Crippen LogP contribution in [-0.4, -0.2) is 34.4 Å². The first-order chi connectivity index (χ1) is 12.4. The van der Waals surface area contributed by atoms with Crippen LogP contribution in [0.4, 0.5) is 0 Å². The minimum Gasteiger partial charge on any atom is -0.298 e. The van der Waals surface area contributed by atoms with Gasteiger partial charge in [0, 0.05) is 41.3 Å². The van der Waals surface area contributed by atoms with Gasteiger partial charge in [0.1, 0.15) is 0 Å². The van der Waals surface area contributed by atoms with Crippen molar-refractivity contribution in [3.8, 4) is 0 Å². The third kappa shape index (κ3) is 4.49. The zero-order chi connectivity index (χ0) is 16.9. The third-order valence-electron chi connectivity index (χ3n) is 5.59. The van der Waals surface area contributed by atoms with E-state index in [2.05, 4.69) is 45.2 Å². The van der Waals surface area contributed by atoms with E-state index in [0.717, 1.165) is 13.1 Å². The average Bonchev–Trinajstić information content (AvgIpc) is 3.10. The number of hydrogen-bond acceptors (Lipinski definition) is 4. The first kappa shape index (κ1) is 17.2. The number of hydrogen-bond donors (Lipinski definition) is 0. The van der Waals surface area contributed by atoms with Gasteiger partial charge in [0.25, 0.3) is 0 Å². The summed E-state index contributed by atoms with van der Waals surface area (Å²) in [6.07, 6.45) is 12.0. The Hall–Kier alpha value is -1.23. The minimum atomic E-state index is 0.537. The summed E-state index contributed by atoms with van der Waals surface area (Å²) in [5, 5.41) is 0. The molecule has 134 valence electrons. The largest absolute Gasteiger partial charge is 0.298 e. The normalized spacial score (nSPS) is 23.0. The van der Waals surface area contributed by atoms with Gasteiger partial charge in [-0.15, -0.1) is 11.3 Å². The van der Waals surface area contributed by atoms with Crippen molar-refractivity contribution in [1.29, 1.82) is 0 Å². The first-order valence-corrected chi connectivity index (χ1v) is 10.6. The molecule has 2 saturated heterocycles. The van der Waals surface area contributed by atoms with E-state index >= 15 is 0 Å². The summed E-state index contributed by atoms with van der Waals surface area (Å²) in [4.78, 5) is 12.7. The molecule has 4 heteroatoms. The molecule has 0 radical (unpaired) electrons. The second-order valence-electron chi connectivity index (χ2n) is 7.47. The summed E-state index contributed by atoms with van der Waals surface area (Å²) >= 11 is 2.02. The number of rotatable bonds is 5. The standard InChI is InChI=1S/C21H29N3S/c1-3-12-23(13-4-1)16-19-9-10-20(25-19)17-24-14-5-2-8-21(24)18-7-6-11-22-15-18/h6-7,9-11,15,21H,1-5,8,12-14,16-17H2/t21-/m1/s1. The molecule has 2 aliphatic heterocycles. The van der Waals surface area contributed by atoms with Gasteiger partial charge in [-0.2, -0.15) is 0 Å². The summed E-state index contributed by atoms with van der Waals surface area (Å²) in [6, 6.07) is 9.57. The Labute approximate surface area is 155 Å². The molecule has 25 heavy (non-hydrogen) atoms. The van der Waals surface area contributed by atoms with Crippen molar-refractivity contribution in [2.45, 2.75) is 57.7 Å². The van der Waals surface area contributed by atoms with E-state index in [1.807, 2.05) is 17.5 Å². The van der Waals surface area contributed by atoms with Gasteiger partial charge in [0.15, 0.2) is 0 Å². The average molecular weight is 356 g/mol. The smallest absolute Gasteiger partial charge is 0.0367 e. The van der Waals surface area contributed by atoms with Gasteiger partial charge in [0.2, 0.25) is 0 Å². The molecule has 0 spiro atoms. The van der Waals surface area contributed by atoms with E-state index in [1.165, 1.54) is 73.5 Å². The molecule has 0 saturated carbocycles. The van der Waals surface area contributed by atoms with Gasteiger partial charge in [-0.25, -0.2) is 0 Å². The minimum absolute atomic E-state index is 0.537. The number of piperidine rings is 2. The van der Waals surface area contributed by atoms with E-state index in [0.29, 0.717) is 6.04 Å². The molecular formula is C21H29N3S. The van der Waals surface area contributed by atoms with Crippen LogP contribution in [0, 0.1) is 0 Å². The number of thiophene rings is 1. The van der Waals surface area contributed by atoms with E-state index in [1.54, 1.807) is 0 Å². The van der Waals surface area contributed by atoms with Crippen molar-refractivity contribution < 1.29 is 0 Å². The highest BCUT2D eigenvalue weighted by atomic mass is 32.1. The highest BCUT2D eigenvalue weighted by Crippen LogP contribution is 2.33. The van der Waals surface area contributed by atoms with Crippen LogP contribution in [0.3, 0.4) is 0 Å². The second kappa shape index (κ2) is 8.43. The van der Waals surface area contributed by atoms with Crippen molar-refractivity contribution in [2.75, 3.05) is 19.6 Å². The van der Waals surface area contributed by atoms with E-state index < -0.39 is 0 Å². The molecular weight excluding hydrogens is 326 g/mol. The molecule has 0 unspecified atom stereocenters. The van der Waals surface area contributed by atoms with Gasteiger partial charge in [0.05, 0.1) is 0 Å². The van der Waals surface area contributed by atoms with Gasteiger partial charge in [-0.1, -0.05) is 18.9 Å². The molecule has 0 aliphatic carbocycles. The van der Waals surface area contributed by atoms with Crippen LogP contribution in [0.15, 0.2) is 36.7 Å². The summed E-state index contributed by atoms with van der Waals surface area (Å²) in [5.74, 6) is 0. The van der Waals surface area contributed by atoms with Crippen LogP contribution in [0.25, 0.3) is 0 Å². The van der Waals surface area contributed by atoms with Gasteiger partial charge in [-0.05, 0) is 69.1 Å². The van der Waals surface area contributed by atoms with Crippen molar-refractivity contribution in [3.63, 3.8) is 0 Å². The molecule has 2 aliphatic rings. The maximum atomic E-state index is 4.34. The molecule has 2 aromatic heterocycles. The Bertz CT molecular complexity index is 648. The van der Waals surface area contributed by atoms with Crippen LogP contribution in [0.1, 0.15) is 59.9 Å². The van der Waals surface area contributed by atoms with Crippen LogP contribution in [0.2, 0.25) is 0 Å². The highest BCUT2D eigenvalue weighted by molar-refractivity contribution is 7.11. The molecule has 2 fully saturated rings. The molecule has 0 N–H and O–H groups in total. The topological polar surface area (TPSA) is 19.4 Å². The maximum Gasteiger partial charge on any atom is 0.0367 e. The Morgan fingerprint density at radius 3 is 2.52 bits per heavy atom. The maximum absolute atomic E-state index is 4.34. The Morgan fingerprint density at radius 1 is 0.920 bits per heavy atom. The molecule has 0 aromatic carbocycles. The molecule has 1 atom stereocenters. The lowest BCUT2D eigenvalue weighted by atomic mass is 9.96. The molecule has 4 rings (SSSR count). The van der Waals surface area contributed by atoms with Crippen LogP contribution < -0.4 is 0 Å². The predicted octanol–water partition coefficient (Wildman–Crippen LogP) is 4.86. The fourth-order valence-electron chi connectivity index (χ4n) is 4.26. The van der Waals surface area contributed by atoms with Crippen molar-refractivity contribution in [1.82, 2.24) is 14.8 Å². The van der Waals surface area contributed by atoms with Gasteiger partial charge in [-0.3, -0.25) is 14.8 Å². The monoisotopic (exact) mass is 355 g/mol. The van der Waals surface area contributed by atoms with Crippen LogP contribution >= 0.6 is 11.3 Å². The lowest BCUT2D eigenvalue weighted by Crippen LogP contribution is -2.32. The van der Waals surface area contributed by atoms with Gasteiger partial charge >= 0.3 is 0 Å². The molecule has 2 aromatic rings. The van der Waals surface area contributed by atoms with E-state index in [-0.39, 0.29) is 0 Å². The number of aromatic nitrogens is 1. The quantitative estimate of drug-likeness (QED) is 0.764. The fourth-order valence-corrected chi connectivity index (χ4v) is 5.35. The summed E-state index contributed by atoms with van der Waals surface area (Å²) in [5.41, 5.74) is 1.38. The Morgan fingerprint density at radius 2 is 1.72 bits per heavy atom. The zero-order valence-corrected chi connectivity index (χ0v) is 15.9. The summed E-state index contributed by atoms with van der Waals surface area (Å²) < 4.78 is 0. The van der Waals surface area contributed by atoms with Gasteiger partial charge < -0.3 is 0 Å². The third-order valence-corrected chi connectivity index (χ3v) is 6.64. The SMILES string of the molecule is c1cncc([C@H]2CCCCN2Cc2ccc(CN3CCCCC3)s2)c1. The van der Waals surface area contributed by atoms with Crippen LogP contribution in [0.5, 0.6) is 0 Å². The Kier molecular flexibility index (Phi) is 5.80. The predicted molar refractivity (Wildman–Crippen MR) is 105 cm³/mol. The zero-order valence-electron chi connectivity index (χ0n) is 15.1. The van der Waals surface area contributed by atoms with Crippen molar-refractivity contribution in [2.24, 2.45) is 0 Å². The van der Waals surface area contributed by atoms with Crippen molar-refractivity contribution in [3.05, 3.63) is 52.0 Å². The molecule has 0 bridgehead atoms. The second-order valence-corrected chi connectivity index (χ2v) is 8.73. The number of likely N-dealkylation sites (tertiary alicyclic amines) is 2. The molecule has 0 amide bonds. The molecule has 4 heterocycles. The Balaban J connectivity index is 1.40. The van der Waals surface area contributed by atoms with E-state index in [9.17, 15) is 0 Å². The lowest BCUT2D eigenvalue weighted by Gasteiger charge is -2.35.